The van der Waals surface area contributed by atoms with Gasteiger partial charge in [-0.2, -0.15) is 0 Å². The van der Waals surface area contributed by atoms with Crippen LogP contribution in [0, 0.1) is 0 Å². The average molecular weight is 361 g/mol. The van der Waals surface area contributed by atoms with Gasteiger partial charge in [-0.05, 0) is 36.4 Å². The number of rotatable bonds is 7. The quantitative estimate of drug-likeness (QED) is 0.767. The molecule has 0 bridgehead atoms. The fourth-order valence-electron chi connectivity index (χ4n) is 2.07. The monoisotopic (exact) mass is 361 g/mol. The number of benzene rings is 2. The number of hydrogen-bond donors (Lipinski definition) is 1. The summed E-state index contributed by atoms with van der Waals surface area (Å²) in [5, 5.41) is 2.62. The molecule has 0 aliphatic heterocycles. The smallest absolute Gasteiger partial charge is 0.339 e. The van der Waals surface area contributed by atoms with Crippen molar-refractivity contribution < 1.29 is 23.3 Å². The number of ether oxygens (including phenoxy) is 2. The van der Waals surface area contributed by atoms with Gasteiger partial charge in [-0.3, -0.25) is 9.00 Å². The number of carbonyl (C=O) groups is 2. The summed E-state index contributed by atoms with van der Waals surface area (Å²) in [6.45, 7) is 1.33. The Bertz CT molecular complexity index is 773. The molecule has 2 aromatic carbocycles. The van der Waals surface area contributed by atoms with Crippen LogP contribution in [0.4, 0.5) is 5.69 Å². The number of esters is 1. The highest BCUT2D eigenvalue weighted by Gasteiger charge is 2.17. The van der Waals surface area contributed by atoms with Gasteiger partial charge in [-0.15, -0.1) is 0 Å². The molecule has 0 aromatic heterocycles. The number of carbonyl (C=O) groups excluding carboxylic acids is 2. The largest absolute Gasteiger partial charge is 0.497 e. The summed E-state index contributed by atoms with van der Waals surface area (Å²) in [7, 11) is 0.267. The van der Waals surface area contributed by atoms with Crippen molar-refractivity contribution in [1.29, 1.82) is 0 Å². The van der Waals surface area contributed by atoms with Gasteiger partial charge >= 0.3 is 5.97 Å². The minimum Gasteiger partial charge on any atom is -0.497 e. The van der Waals surface area contributed by atoms with Crippen LogP contribution in [0.1, 0.15) is 17.3 Å². The van der Waals surface area contributed by atoms with Gasteiger partial charge in [-0.25, -0.2) is 4.79 Å². The maximum absolute atomic E-state index is 12.2. The SMILES string of the molecule is CC[S@@](=O)c1ccccc1C(=O)OCC(=O)Nc1ccc(OC)cc1. The Morgan fingerprint density at radius 3 is 2.40 bits per heavy atom. The van der Waals surface area contributed by atoms with E-state index in [1.54, 1.807) is 56.5 Å². The van der Waals surface area contributed by atoms with Crippen LogP contribution in [0.3, 0.4) is 0 Å². The van der Waals surface area contributed by atoms with Gasteiger partial charge in [0, 0.05) is 11.4 Å². The van der Waals surface area contributed by atoms with Gasteiger partial charge < -0.3 is 14.8 Å². The molecule has 132 valence electrons. The molecule has 0 saturated carbocycles. The van der Waals surface area contributed by atoms with E-state index in [2.05, 4.69) is 5.32 Å². The number of nitrogens with one attached hydrogen (secondary N) is 1. The first-order valence-corrected chi connectivity index (χ1v) is 8.95. The Balaban J connectivity index is 1.95. The van der Waals surface area contributed by atoms with Crippen LogP contribution in [-0.4, -0.2) is 35.6 Å². The van der Waals surface area contributed by atoms with Crippen LogP contribution >= 0.6 is 0 Å². The van der Waals surface area contributed by atoms with Crippen molar-refractivity contribution >= 4 is 28.4 Å². The summed E-state index contributed by atoms with van der Waals surface area (Å²) in [5.74, 6) is -0.0812. The topological polar surface area (TPSA) is 81.7 Å². The Hall–Kier alpha value is -2.67. The molecular weight excluding hydrogens is 342 g/mol. The molecule has 6 nitrogen and oxygen atoms in total. The van der Waals surface area contributed by atoms with E-state index >= 15 is 0 Å². The normalized spacial score (nSPS) is 11.4. The molecule has 2 rings (SSSR count). The van der Waals surface area contributed by atoms with Gasteiger partial charge in [0.2, 0.25) is 0 Å². The van der Waals surface area contributed by atoms with E-state index in [0.717, 1.165) is 0 Å². The molecular formula is C18H19NO5S. The van der Waals surface area contributed by atoms with Gasteiger partial charge in [0.15, 0.2) is 6.61 Å². The van der Waals surface area contributed by atoms with Crippen LogP contribution in [0.25, 0.3) is 0 Å². The van der Waals surface area contributed by atoms with Crippen LogP contribution in [-0.2, 0) is 20.3 Å². The highest BCUT2D eigenvalue weighted by Crippen LogP contribution is 2.16. The average Bonchev–Trinajstić information content (AvgIpc) is 2.66. The van der Waals surface area contributed by atoms with Crippen LogP contribution < -0.4 is 10.1 Å². The third-order valence-corrected chi connectivity index (χ3v) is 4.69. The number of methoxy groups -OCH3 is 1. The summed E-state index contributed by atoms with van der Waals surface area (Å²) >= 11 is 0. The lowest BCUT2D eigenvalue weighted by atomic mass is 10.2. The minimum atomic E-state index is -1.28. The first-order chi connectivity index (χ1) is 12.0. The lowest BCUT2D eigenvalue weighted by molar-refractivity contribution is -0.119. The van der Waals surface area contributed by atoms with Crippen molar-refractivity contribution in [3.8, 4) is 5.75 Å². The first kappa shape index (κ1) is 18.7. The lowest BCUT2D eigenvalue weighted by Gasteiger charge is -2.09. The Labute approximate surface area is 148 Å². The van der Waals surface area contributed by atoms with Crippen molar-refractivity contribution in [2.24, 2.45) is 0 Å². The van der Waals surface area contributed by atoms with E-state index < -0.39 is 29.3 Å². The minimum absolute atomic E-state index is 0.208. The second kappa shape index (κ2) is 8.98. The van der Waals surface area contributed by atoms with Crippen molar-refractivity contribution in [1.82, 2.24) is 0 Å². The molecule has 0 aliphatic carbocycles. The molecule has 2 aromatic rings. The van der Waals surface area contributed by atoms with E-state index in [0.29, 0.717) is 22.1 Å². The van der Waals surface area contributed by atoms with E-state index in [1.807, 2.05) is 0 Å². The van der Waals surface area contributed by atoms with Gasteiger partial charge in [0.25, 0.3) is 5.91 Å². The lowest BCUT2D eigenvalue weighted by Crippen LogP contribution is -2.21. The second-order valence-electron chi connectivity index (χ2n) is 4.98. The number of anilines is 1. The Kier molecular flexibility index (Phi) is 6.71. The summed E-state index contributed by atoms with van der Waals surface area (Å²) in [6.07, 6.45) is 0. The fraction of sp³-hybridized carbons (Fsp3) is 0.222. The molecule has 0 spiro atoms. The molecule has 0 radical (unpaired) electrons. The van der Waals surface area contributed by atoms with Crippen LogP contribution in [0.5, 0.6) is 5.75 Å². The van der Waals surface area contributed by atoms with Crippen LogP contribution in [0.15, 0.2) is 53.4 Å². The highest BCUT2D eigenvalue weighted by atomic mass is 32.2. The summed E-state index contributed by atoms with van der Waals surface area (Å²) in [6, 6.07) is 13.3. The predicted octanol–water partition coefficient (Wildman–Crippen LogP) is 2.62. The molecule has 1 N–H and O–H groups in total. The second-order valence-corrected chi connectivity index (χ2v) is 6.69. The molecule has 0 fully saturated rings. The molecule has 0 unspecified atom stereocenters. The number of hydrogen-bond acceptors (Lipinski definition) is 5. The van der Waals surface area contributed by atoms with Gasteiger partial charge in [-0.1, -0.05) is 19.1 Å². The fourth-order valence-corrected chi connectivity index (χ4v) is 3.01. The van der Waals surface area contributed by atoms with Crippen LogP contribution in [0.2, 0.25) is 0 Å². The summed E-state index contributed by atoms with van der Waals surface area (Å²) in [5.41, 5.74) is 0.772. The zero-order chi connectivity index (χ0) is 18.2. The van der Waals surface area contributed by atoms with Gasteiger partial charge in [0.1, 0.15) is 5.75 Å². The van der Waals surface area contributed by atoms with E-state index in [9.17, 15) is 13.8 Å². The Morgan fingerprint density at radius 1 is 1.08 bits per heavy atom. The van der Waals surface area contributed by atoms with E-state index in [1.165, 1.54) is 6.07 Å². The molecule has 1 amide bonds. The third kappa shape index (κ3) is 5.15. The molecule has 0 saturated heterocycles. The van der Waals surface area contributed by atoms with Crippen molar-refractivity contribution in [2.45, 2.75) is 11.8 Å². The molecule has 25 heavy (non-hydrogen) atoms. The maximum Gasteiger partial charge on any atom is 0.339 e. The molecule has 7 heteroatoms. The standard InChI is InChI=1S/C18H19NO5S/c1-3-25(22)16-7-5-4-6-15(16)18(21)24-12-17(20)19-13-8-10-14(23-2)11-9-13/h4-11H,3,12H2,1-2H3,(H,19,20)/t25-/m1/s1. The summed E-state index contributed by atoms with van der Waals surface area (Å²) < 4.78 is 22.1. The first-order valence-electron chi connectivity index (χ1n) is 7.63. The third-order valence-electron chi connectivity index (χ3n) is 3.32. The number of amides is 1. The zero-order valence-corrected chi connectivity index (χ0v) is 14.8. The Morgan fingerprint density at radius 2 is 1.76 bits per heavy atom. The molecule has 0 aliphatic rings. The predicted molar refractivity (Wildman–Crippen MR) is 95.3 cm³/mol. The van der Waals surface area contributed by atoms with Crippen molar-refractivity contribution in [3.05, 3.63) is 54.1 Å². The van der Waals surface area contributed by atoms with Crippen molar-refractivity contribution in [2.75, 3.05) is 24.8 Å². The molecule has 1 atom stereocenters. The highest BCUT2D eigenvalue weighted by molar-refractivity contribution is 7.85. The molecule has 0 heterocycles. The summed E-state index contributed by atoms with van der Waals surface area (Å²) in [4.78, 5) is 24.5. The zero-order valence-electron chi connectivity index (χ0n) is 14.0. The van der Waals surface area contributed by atoms with E-state index in [-0.39, 0.29) is 5.56 Å². The van der Waals surface area contributed by atoms with E-state index in [4.69, 9.17) is 9.47 Å². The maximum atomic E-state index is 12.2. The van der Waals surface area contributed by atoms with Crippen molar-refractivity contribution in [3.63, 3.8) is 0 Å². The van der Waals surface area contributed by atoms with Gasteiger partial charge in [0.05, 0.1) is 28.4 Å².